The van der Waals surface area contributed by atoms with Crippen molar-refractivity contribution in [3.05, 3.63) is 0 Å². The van der Waals surface area contributed by atoms with E-state index < -0.39 is 0 Å². The largest absolute Gasteiger partial charge is 0.383 e. The number of methoxy groups -OCH3 is 1. The van der Waals surface area contributed by atoms with Gasteiger partial charge in [0.1, 0.15) is 0 Å². The smallest absolute Gasteiger partial charge is 0.0589 e. The van der Waals surface area contributed by atoms with Crippen molar-refractivity contribution in [2.45, 2.75) is 58.9 Å². The Hall–Kier alpha value is -0.120. The molecule has 0 spiro atoms. The second-order valence-corrected chi connectivity index (χ2v) is 6.07. The molecule has 3 nitrogen and oxygen atoms in total. The van der Waals surface area contributed by atoms with E-state index >= 15 is 0 Å². The quantitative estimate of drug-likeness (QED) is 0.697. The van der Waals surface area contributed by atoms with Crippen LogP contribution in [-0.4, -0.2) is 50.8 Å². The van der Waals surface area contributed by atoms with Crippen LogP contribution < -0.4 is 5.32 Å². The third-order valence-electron chi connectivity index (χ3n) is 4.89. The van der Waals surface area contributed by atoms with E-state index in [9.17, 15) is 0 Å². The molecule has 114 valence electrons. The lowest BCUT2D eigenvalue weighted by Gasteiger charge is -2.43. The summed E-state index contributed by atoms with van der Waals surface area (Å²) in [5.41, 5.74) is 0.481. The second kappa shape index (κ2) is 8.93. The van der Waals surface area contributed by atoms with Crippen LogP contribution in [-0.2, 0) is 4.74 Å². The summed E-state index contributed by atoms with van der Waals surface area (Å²) in [7, 11) is 1.81. The fourth-order valence-corrected chi connectivity index (χ4v) is 3.41. The zero-order chi connectivity index (χ0) is 14.1. The molecule has 1 aliphatic heterocycles. The lowest BCUT2D eigenvalue weighted by Crippen LogP contribution is -2.50. The van der Waals surface area contributed by atoms with Crippen molar-refractivity contribution >= 4 is 0 Å². The van der Waals surface area contributed by atoms with Gasteiger partial charge in [-0.05, 0) is 44.1 Å². The molecule has 0 bridgehead atoms. The number of piperidine rings is 1. The van der Waals surface area contributed by atoms with Crippen molar-refractivity contribution in [3.63, 3.8) is 0 Å². The van der Waals surface area contributed by atoms with Gasteiger partial charge in [-0.15, -0.1) is 0 Å². The average Bonchev–Trinajstić information content (AvgIpc) is 2.46. The Morgan fingerprint density at radius 2 is 2.00 bits per heavy atom. The van der Waals surface area contributed by atoms with Crippen LogP contribution >= 0.6 is 0 Å². The average molecular weight is 270 g/mol. The van der Waals surface area contributed by atoms with Gasteiger partial charge in [0.25, 0.3) is 0 Å². The molecule has 0 aliphatic carbocycles. The molecule has 0 radical (unpaired) electrons. The molecule has 1 aliphatic rings. The van der Waals surface area contributed by atoms with Gasteiger partial charge in [-0.1, -0.05) is 20.8 Å². The molecule has 1 fully saturated rings. The lowest BCUT2D eigenvalue weighted by atomic mass is 9.77. The van der Waals surface area contributed by atoms with Crippen LogP contribution in [0.15, 0.2) is 0 Å². The SMILES string of the molecule is CCC(CC)N(CCOC)CC1(CC)CCCNC1. The molecule has 1 rings (SSSR count). The Morgan fingerprint density at radius 3 is 2.47 bits per heavy atom. The van der Waals surface area contributed by atoms with Gasteiger partial charge < -0.3 is 10.1 Å². The summed E-state index contributed by atoms with van der Waals surface area (Å²) in [6.07, 6.45) is 6.47. The number of hydrogen-bond acceptors (Lipinski definition) is 3. The molecule has 0 saturated carbocycles. The lowest BCUT2D eigenvalue weighted by molar-refractivity contribution is 0.0547. The van der Waals surface area contributed by atoms with E-state index in [1.807, 2.05) is 7.11 Å². The maximum Gasteiger partial charge on any atom is 0.0589 e. The molecule has 1 saturated heterocycles. The van der Waals surface area contributed by atoms with Gasteiger partial charge in [0.2, 0.25) is 0 Å². The van der Waals surface area contributed by atoms with E-state index in [0.717, 1.165) is 13.2 Å². The van der Waals surface area contributed by atoms with Gasteiger partial charge in [0.05, 0.1) is 6.61 Å². The summed E-state index contributed by atoms with van der Waals surface area (Å²) in [4.78, 5) is 2.68. The maximum absolute atomic E-state index is 5.31. The van der Waals surface area contributed by atoms with E-state index in [-0.39, 0.29) is 0 Å². The van der Waals surface area contributed by atoms with Crippen molar-refractivity contribution in [2.24, 2.45) is 5.41 Å². The van der Waals surface area contributed by atoms with Gasteiger partial charge in [-0.2, -0.15) is 0 Å². The highest BCUT2D eigenvalue weighted by molar-refractivity contribution is 4.88. The van der Waals surface area contributed by atoms with Crippen molar-refractivity contribution in [2.75, 3.05) is 39.9 Å². The van der Waals surface area contributed by atoms with Crippen LogP contribution in [0.4, 0.5) is 0 Å². The van der Waals surface area contributed by atoms with Crippen LogP contribution in [0.3, 0.4) is 0 Å². The topological polar surface area (TPSA) is 24.5 Å². The molecule has 19 heavy (non-hydrogen) atoms. The third kappa shape index (κ3) is 5.05. The van der Waals surface area contributed by atoms with Gasteiger partial charge in [0, 0.05) is 32.8 Å². The van der Waals surface area contributed by atoms with Crippen LogP contribution in [0.5, 0.6) is 0 Å². The minimum atomic E-state index is 0.481. The van der Waals surface area contributed by atoms with Crippen molar-refractivity contribution in [3.8, 4) is 0 Å². The highest BCUT2D eigenvalue weighted by Crippen LogP contribution is 2.32. The van der Waals surface area contributed by atoms with Gasteiger partial charge in [-0.3, -0.25) is 4.90 Å². The number of hydrogen-bond donors (Lipinski definition) is 1. The molecule has 1 atom stereocenters. The van der Waals surface area contributed by atoms with E-state index in [4.69, 9.17) is 4.74 Å². The van der Waals surface area contributed by atoms with E-state index in [2.05, 4.69) is 31.0 Å². The first-order valence-corrected chi connectivity index (χ1v) is 8.15. The van der Waals surface area contributed by atoms with E-state index in [1.165, 1.54) is 51.7 Å². The van der Waals surface area contributed by atoms with Crippen LogP contribution in [0, 0.1) is 5.41 Å². The molecule has 3 heteroatoms. The predicted molar refractivity (Wildman–Crippen MR) is 82.6 cm³/mol. The van der Waals surface area contributed by atoms with E-state index in [0.29, 0.717) is 11.5 Å². The second-order valence-electron chi connectivity index (χ2n) is 6.07. The van der Waals surface area contributed by atoms with Gasteiger partial charge >= 0.3 is 0 Å². The van der Waals surface area contributed by atoms with Crippen LogP contribution in [0.1, 0.15) is 52.9 Å². The fourth-order valence-electron chi connectivity index (χ4n) is 3.41. The molecule has 1 N–H and O–H groups in total. The Kier molecular flexibility index (Phi) is 7.96. The normalized spacial score (nSPS) is 24.3. The first kappa shape index (κ1) is 16.9. The number of nitrogens with zero attached hydrogens (tertiary/aromatic N) is 1. The van der Waals surface area contributed by atoms with Gasteiger partial charge in [0.15, 0.2) is 0 Å². The first-order chi connectivity index (χ1) is 9.21. The minimum absolute atomic E-state index is 0.481. The van der Waals surface area contributed by atoms with Crippen LogP contribution in [0.25, 0.3) is 0 Å². The van der Waals surface area contributed by atoms with Crippen molar-refractivity contribution in [1.29, 1.82) is 0 Å². The number of ether oxygens (including phenoxy) is 1. The molecule has 1 heterocycles. The zero-order valence-electron chi connectivity index (χ0n) is 13.5. The zero-order valence-corrected chi connectivity index (χ0v) is 13.5. The van der Waals surface area contributed by atoms with Crippen molar-refractivity contribution in [1.82, 2.24) is 10.2 Å². The minimum Gasteiger partial charge on any atom is -0.383 e. The molecular weight excluding hydrogens is 236 g/mol. The molecule has 1 unspecified atom stereocenters. The summed E-state index contributed by atoms with van der Waals surface area (Å²) < 4.78 is 5.31. The van der Waals surface area contributed by atoms with Crippen LogP contribution in [0.2, 0.25) is 0 Å². The Balaban J connectivity index is 2.67. The Labute approximate surface area is 120 Å². The first-order valence-electron chi connectivity index (χ1n) is 8.15. The highest BCUT2D eigenvalue weighted by Gasteiger charge is 2.33. The van der Waals surface area contributed by atoms with Crippen molar-refractivity contribution < 1.29 is 4.74 Å². The highest BCUT2D eigenvalue weighted by atomic mass is 16.5. The molecular formula is C16H34N2O. The third-order valence-corrected chi connectivity index (χ3v) is 4.89. The van der Waals surface area contributed by atoms with Gasteiger partial charge in [-0.25, -0.2) is 0 Å². The summed E-state index contributed by atoms with van der Waals surface area (Å²) in [5.74, 6) is 0. The Bertz CT molecular complexity index is 223. The monoisotopic (exact) mass is 270 g/mol. The number of rotatable bonds is 9. The summed E-state index contributed by atoms with van der Waals surface area (Å²) in [6.45, 7) is 12.5. The summed E-state index contributed by atoms with van der Waals surface area (Å²) in [6, 6.07) is 0.709. The fraction of sp³-hybridized carbons (Fsp3) is 1.00. The summed E-state index contributed by atoms with van der Waals surface area (Å²) >= 11 is 0. The molecule has 0 aromatic carbocycles. The molecule has 0 aromatic rings. The number of nitrogens with one attached hydrogen (secondary N) is 1. The van der Waals surface area contributed by atoms with E-state index in [1.54, 1.807) is 0 Å². The standard InChI is InChI=1S/C16H34N2O/c1-5-15(6-2)18(11-12-19-4)14-16(7-3)9-8-10-17-13-16/h15,17H,5-14H2,1-4H3. The Morgan fingerprint density at radius 1 is 1.26 bits per heavy atom. The summed E-state index contributed by atoms with van der Waals surface area (Å²) in [5, 5.41) is 3.61. The maximum atomic E-state index is 5.31. The predicted octanol–water partition coefficient (Wildman–Crippen LogP) is 2.90. The molecule has 0 aromatic heterocycles. The molecule has 0 amide bonds.